The minimum absolute atomic E-state index is 0.0149. The lowest BCUT2D eigenvalue weighted by Gasteiger charge is -2.33. The zero-order valence-electron chi connectivity index (χ0n) is 13.2. The maximum atomic E-state index is 12.4. The zero-order chi connectivity index (χ0) is 16.1. The van der Waals surface area contributed by atoms with Gasteiger partial charge in [0.1, 0.15) is 0 Å². The van der Waals surface area contributed by atoms with Gasteiger partial charge in [0.05, 0.1) is 5.92 Å². The molecule has 1 atom stereocenters. The standard InChI is InChI=1S/C16H23ClN4O2/c17-14-3-4-15(20-19-14)21-7-1-2-13(11-21)16(22)18-10-12-5-8-23-9-6-12/h3-4,12-13H,1-2,5-11H2,(H,18,22)/t13-/m1/s1. The number of carbonyl (C=O) groups is 1. The van der Waals surface area contributed by atoms with Crippen molar-refractivity contribution in [3.8, 4) is 0 Å². The molecule has 2 aliphatic heterocycles. The van der Waals surface area contributed by atoms with Crippen molar-refractivity contribution in [2.75, 3.05) is 37.7 Å². The first kappa shape index (κ1) is 16.5. The Labute approximate surface area is 141 Å². The number of rotatable bonds is 4. The van der Waals surface area contributed by atoms with E-state index in [0.717, 1.165) is 57.8 Å². The molecular weight excluding hydrogens is 316 g/mol. The largest absolute Gasteiger partial charge is 0.381 e. The van der Waals surface area contributed by atoms with Crippen molar-refractivity contribution >= 4 is 23.3 Å². The van der Waals surface area contributed by atoms with Crippen molar-refractivity contribution < 1.29 is 9.53 Å². The molecule has 1 aromatic heterocycles. The summed E-state index contributed by atoms with van der Waals surface area (Å²) in [4.78, 5) is 14.6. The zero-order valence-corrected chi connectivity index (χ0v) is 14.0. The quantitative estimate of drug-likeness (QED) is 0.908. The van der Waals surface area contributed by atoms with Gasteiger partial charge in [0.25, 0.3) is 0 Å². The molecule has 0 unspecified atom stereocenters. The third kappa shape index (κ3) is 4.54. The summed E-state index contributed by atoms with van der Waals surface area (Å²) in [5, 5.41) is 11.5. The van der Waals surface area contributed by atoms with Crippen LogP contribution in [-0.2, 0) is 9.53 Å². The fraction of sp³-hybridized carbons (Fsp3) is 0.688. The number of nitrogens with one attached hydrogen (secondary N) is 1. The SMILES string of the molecule is O=C(NCC1CCOCC1)[C@@H]1CCCN(c2ccc(Cl)nn2)C1. The monoisotopic (exact) mass is 338 g/mol. The van der Waals surface area contributed by atoms with Crippen LogP contribution in [0.5, 0.6) is 0 Å². The summed E-state index contributed by atoms with van der Waals surface area (Å²) in [6, 6.07) is 3.59. The van der Waals surface area contributed by atoms with Crippen LogP contribution in [0.4, 0.5) is 5.82 Å². The Morgan fingerprint density at radius 1 is 1.30 bits per heavy atom. The highest BCUT2D eigenvalue weighted by Crippen LogP contribution is 2.22. The van der Waals surface area contributed by atoms with Crippen molar-refractivity contribution in [2.24, 2.45) is 11.8 Å². The summed E-state index contributed by atoms with van der Waals surface area (Å²) in [7, 11) is 0. The number of halogens is 1. The van der Waals surface area contributed by atoms with E-state index in [1.165, 1.54) is 0 Å². The fourth-order valence-corrected chi connectivity index (χ4v) is 3.32. The third-order valence-corrected chi connectivity index (χ3v) is 4.84. The number of amides is 1. The average Bonchev–Trinajstić information content (AvgIpc) is 2.61. The maximum Gasteiger partial charge on any atom is 0.224 e. The number of ether oxygens (including phenoxy) is 1. The third-order valence-electron chi connectivity index (χ3n) is 4.64. The number of nitrogens with zero attached hydrogens (tertiary/aromatic N) is 3. The normalized spacial score (nSPS) is 22.8. The van der Waals surface area contributed by atoms with Gasteiger partial charge in [-0.2, -0.15) is 0 Å². The predicted octanol–water partition coefficient (Wildman–Crippen LogP) is 1.89. The van der Waals surface area contributed by atoms with Gasteiger partial charge in [-0.15, -0.1) is 10.2 Å². The number of aromatic nitrogens is 2. The van der Waals surface area contributed by atoms with Gasteiger partial charge in [-0.1, -0.05) is 11.6 Å². The van der Waals surface area contributed by atoms with Crippen LogP contribution >= 0.6 is 11.6 Å². The Hall–Kier alpha value is -1.40. The van der Waals surface area contributed by atoms with Crippen LogP contribution < -0.4 is 10.2 Å². The summed E-state index contributed by atoms with van der Waals surface area (Å²) >= 11 is 5.78. The number of carbonyl (C=O) groups excluding carboxylic acids is 1. The van der Waals surface area contributed by atoms with E-state index in [1.807, 2.05) is 6.07 Å². The molecule has 1 amide bonds. The second-order valence-electron chi connectivity index (χ2n) is 6.30. The lowest BCUT2D eigenvalue weighted by molar-refractivity contribution is -0.125. The summed E-state index contributed by atoms with van der Waals surface area (Å²) in [5.74, 6) is 1.51. The van der Waals surface area contributed by atoms with Gasteiger partial charge in [0.2, 0.25) is 5.91 Å². The Morgan fingerprint density at radius 2 is 2.13 bits per heavy atom. The fourth-order valence-electron chi connectivity index (χ4n) is 3.22. The van der Waals surface area contributed by atoms with Gasteiger partial charge in [-0.05, 0) is 43.7 Å². The van der Waals surface area contributed by atoms with Crippen LogP contribution in [-0.4, -0.2) is 49.0 Å². The van der Waals surface area contributed by atoms with E-state index in [4.69, 9.17) is 16.3 Å². The minimum atomic E-state index is 0.0149. The van der Waals surface area contributed by atoms with Crippen LogP contribution in [0.3, 0.4) is 0 Å². The van der Waals surface area contributed by atoms with Crippen LogP contribution in [0.1, 0.15) is 25.7 Å². The highest BCUT2D eigenvalue weighted by molar-refractivity contribution is 6.29. The highest BCUT2D eigenvalue weighted by Gasteiger charge is 2.27. The van der Waals surface area contributed by atoms with E-state index in [2.05, 4.69) is 20.4 Å². The van der Waals surface area contributed by atoms with E-state index in [0.29, 0.717) is 17.6 Å². The molecule has 0 bridgehead atoms. The Kier molecular flexibility index (Phi) is 5.67. The van der Waals surface area contributed by atoms with Gasteiger partial charge in [-0.3, -0.25) is 4.79 Å². The molecule has 126 valence electrons. The lowest BCUT2D eigenvalue weighted by atomic mass is 9.96. The topological polar surface area (TPSA) is 67.3 Å². The van der Waals surface area contributed by atoms with Crippen molar-refractivity contribution in [1.29, 1.82) is 0 Å². The van der Waals surface area contributed by atoms with Crippen LogP contribution in [0.25, 0.3) is 0 Å². The number of hydrogen-bond donors (Lipinski definition) is 1. The number of hydrogen-bond acceptors (Lipinski definition) is 5. The molecule has 0 radical (unpaired) electrons. The van der Waals surface area contributed by atoms with Gasteiger partial charge >= 0.3 is 0 Å². The first-order valence-corrected chi connectivity index (χ1v) is 8.70. The second kappa shape index (κ2) is 7.93. The second-order valence-corrected chi connectivity index (χ2v) is 6.69. The van der Waals surface area contributed by atoms with Crippen LogP contribution in [0.15, 0.2) is 12.1 Å². The molecule has 0 aliphatic carbocycles. The molecule has 3 rings (SSSR count). The van der Waals surface area contributed by atoms with E-state index >= 15 is 0 Å². The molecule has 7 heteroatoms. The van der Waals surface area contributed by atoms with Crippen molar-refractivity contribution in [2.45, 2.75) is 25.7 Å². The van der Waals surface area contributed by atoms with E-state index < -0.39 is 0 Å². The van der Waals surface area contributed by atoms with Gasteiger partial charge in [0.15, 0.2) is 11.0 Å². The van der Waals surface area contributed by atoms with E-state index in [1.54, 1.807) is 6.07 Å². The van der Waals surface area contributed by atoms with Crippen LogP contribution in [0.2, 0.25) is 5.15 Å². The number of anilines is 1. The Morgan fingerprint density at radius 3 is 2.87 bits per heavy atom. The molecule has 2 saturated heterocycles. The first-order valence-electron chi connectivity index (χ1n) is 8.32. The summed E-state index contributed by atoms with van der Waals surface area (Å²) in [5.41, 5.74) is 0. The molecule has 6 nitrogen and oxygen atoms in total. The number of piperidine rings is 1. The molecule has 23 heavy (non-hydrogen) atoms. The molecule has 1 N–H and O–H groups in total. The predicted molar refractivity (Wildman–Crippen MR) is 88.5 cm³/mol. The maximum absolute atomic E-state index is 12.4. The average molecular weight is 339 g/mol. The highest BCUT2D eigenvalue weighted by atomic mass is 35.5. The van der Waals surface area contributed by atoms with Gasteiger partial charge in [-0.25, -0.2) is 0 Å². The lowest BCUT2D eigenvalue weighted by Crippen LogP contribution is -2.44. The van der Waals surface area contributed by atoms with Crippen molar-refractivity contribution in [3.63, 3.8) is 0 Å². The van der Waals surface area contributed by atoms with Gasteiger partial charge < -0.3 is 15.0 Å². The molecule has 3 heterocycles. The van der Waals surface area contributed by atoms with E-state index in [-0.39, 0.29) is 11.8 Å². The molecule has 2 aliphatic rings. The summed E-state index contributed by atoms with van der Waals surface area (Å²) in [6.45, 7) is 3.98. The van der Waals surface area contributed by atoms with Crippen LogP contribution in [0, 0.1) is 11.8 Å². The van der Waals surface area contributed by atoms with Crippen molar-refractivity contribution in [3.05, 3.63) is 17.3 Å². The molecule has 0 aromatic carbocycles. The molecule has 2 fully saturated rings. The first-order chi connectivity index (χ1) is 11.2. The molecule has 0 saturated carbocycles. The molecule has 1 aromatic rings. The van der Waals surface area contributed by atoms with E-state index in [9.17, 15) is 4.79 Å². The Bertz CT molecular complexity index is 519. The summed E-state index contributed by atoms with van der Waals surface area (Å²) in [6.07, 6.45) is 3.99. The molecular formula is C16H23ClN4O2. The van der Waals surface area contributed by atoms with Crippen molar-refractivity contribution in [1.82, 2.24) is 15.5 Å². The summed E-state index contributed by atoms with van der Waals surface area (Å²) < 4.78 is 5.35. The molecule has 0 spiro atoms. The smallest absolute Gasteiger partial charge is 0.224 e. The van der Waals surface area contributed by atoms with Gasteiger partial charge in [0, 0.05) is 32.8 Å². The Balaban J connectivity index is 1.51. The minimum Gasteiger partial charge on any atom is -0.381 e.